The number of hydrogen-bond acceptors (Lipinski definition) is 6. The molecule has 0 aliphatic heterocycles. The predicted molar refractivity (Wildman–Crippen MR) is 163 cm³/mol. The molecule has 0 saturated carbocycles. The zero-order valence-electron chi connectivity index (χ0n) is 21.7. The summed E-state index contributed by atoms with van der Waals surface area (Å²) >= 11 is 0. The van der Waals surface area contributed by atoms with Gasteiger partial charge in [0, 0.05) is 29.0 Å². The van der Waals surface area contributed by atoms with E-state index in [-0.39, 0.29) is 5.75 Å². The van der Waals surface area contributed by atoms with Crippen LogP contribution in [-0.2, 0) is 10.1 Å². The molecule has 5 aromatic rings. The maximum absolute atomic E-state index is 9.91. The van der Waals surface area contributed by atoms with Gasteiger partial charge in [0.05, 0.1) is 5.75 Å². The van der Waals surface area contributed by atoms with Gasteiger partial charge in [-0.25, -0.2) is 0 Å². The standard InChI is InChI=1S/2C10H9N.C7H9N.C3H9NO3S/c11-10-7-3-5-8-4-1-2-6-9(8)10;11-10-6-5-8-3-1-2-4-9(8)7-10;1-6-3-2-4-7(8)5-6;1-4-2-3-8(5,6)7/h2*1-7H,11H2;2-5H,8H2,1H3;4H,2-3H2,1H3,(H,5,6,7). The van der Waals surface area contributed by atoms with E-state index in [9.17, 15) is 8.42 Å². The molecular formula is C30H36N4O3S. The fraction of sp³-hybridized carbons (Fsp3) is 0.133. The summed E-state index contributed by atoms with van der Waals surface area (Å²) in [6.45, 7) is 2.31. The Morgan fingerprint density at radius 2 is 1.26 bits per heavy atom. The van der Waals surface area contributed by atoms with Crippen LogP contribution in [0.25, 0.3) is 21.5 Å². The van der Waals surface area contributed by atoms with Crippen LogP contribution in [-0.4, -0.2) is 32.3 Å². The Labute approximate surface area is 225 Å². The zero-order valence-corrected chi connectivity index (χ0v) is 22.5. The molecule has 5 aromatic carbocycles. The van der Waals surface area contributed by atoms with E-state index < -0.39 is 10.1 Å². The largest absolute Gasteiger partial charge is 0.399 e. The van der Waals surface area contributed by atoms with Crippen molar-refractivity contribution >= 4 is 48.7 Å². The average molecular weight is 533 g/mol. The van der Waals surface area contributed by atoms with Gasteiger partial charge >= 0.3 is 0 Å². The lowest BCUT2D eigenvalue weighted by Gasteiger charge is -1.98. The van der Waals surface area contributed by atoms with Crippen molar-refractivity contribution in [3.63, 3.8) is 0 Å². The number of aryl methyl sites for hydroxylation is 1. The van der Waals surface area contributed by atoms with Crippen LogP contribution < -0.4 is 22.5 Å². The van der Waals surface area contributed by atoms with Gasteiger partial charge in [-0.2, -0.15) is 8.42 Å². The second-order valence-corrected chi connectivity index (χ2v) is 10.1. The summed E-state index contributed by atoms with van der Waals surface area (Å²) in [5, 5.41) is 7.36. The predicted octanol–water partition coefficient (Wildman–Crippen LogP) is 5.51. The first-order valence-corrected chi connectivity index (χ1v) is 13.6. The Balaban J connectivity index is 0.000000181. The number of hydrogen-bond donors (Lipinski definition) is 5. The highest BCUT2D eigenvalue weighted by molar-refractivity contribution is 7.85. The Hall–Kier alpha value is -4.11. The average Bonchev–Trinajstić information content (AvgIpc) is 2.88. The summed E-state index contributed by atoms with van der Waals surface area (Å²) in [7, 11) is -2.13. The molecule has 0 aromatic heterocycles. The van der Waals surface area contributed by atoms with Crippen molar-refractivity contribution in [2.45, 2.75) is 6.92 Å². The van der Waals surface area contributed by atoms with Crippen LogP contribution in [0.2, 0.25) is 0 Å². The lowest BCUT2D eigenvalue weighted by Crippen LogP contribution is -2.18. The molecule has 0 saturated heterocycles. The first kappa shape index (κ1) is 30.1. The number of anilines is 3. The summed E-state index contributed by atoms with van der Waals surface area (Å²) in [6, 6.07) is 36.0. The van der Waals surface area contributed by atoms with Crippen LogP contribution in [0, 0.1) is 6.92 Å². The van der Waals surface area contributed by atoms with Gasteiger partial charge < -0.3 is 22.5 Å². The molecule has 0 fully saturated rings. The maximum atomic E-state index is 9.91. The van der Waals surface area contributed by atoms with Crippen LogP contribution in [0.5, 0.6) is 0 Å². The Kier molecular flexibility index (Phi) is 12.1. The van der Waals surface area contributed by atoms with Gasteiger partial charge in [-0.3, -0.25) is 4.55 Å². The van der Waals surface area contributed by atoms with Crippen molar-refractivity contribution in [1.29, 1.82) is 0 Å². The highest BCUT2D eigenvalue weighted by atomic mass is 32.2. The molecule has 200 valence electrons. The monoisotopic (exact) mass is 532 g/mol. The SMILES string of the molecule is CNCCS(=O)(=O)O.Cc1cccc(N)c1.Nc1ccc2ccccc2c1.Nc1cccc2ccccc12. The second-order valence-electron chi connectivity index (χ2n) is 8.48. The topological polar surface area (TPSA) is 144 Å². The van der Waals surface area contributed by atoms with Crippen molar-refractivity contribution in [2.24, 2.45) is 0 Å². The van der Waals surface area contributed by atoms with Crippen LogP contribution in [0.3, 0.4) is 0 Å². The molecule has 0 atom stereocenters. The van der Waals surface area contributed by atoms with E-state index in [0.29, 0.717) is 6.54 Å². The minimum atomic E-state index is -3.75. The number of nitrogens with two attached hydrogens (primary N) is 3. The molecule has 0 spiro atoms. The molecule has 7 nitrogen and oxygen atoms in total. The van der Waals surface area contributed by atoms with Gasteiger partial charge in [-0.15, -0.1) is 0 Å². The Morgan fingerprint density at radius 1 is 0.684 bits per heavy atom. The number of fused-ring (bicyclic) bond motifs is 2. The van der Waals surface area contributed by atoms with Gasteiger partial charge in [0.1, 0.15) is 0 Å². The van der Waals surface area contributed by atoms with E-state index in [1.165, 1.54) is 21.7 Å². The van der Waals surface area contributed by atoms with E-state index in [4.69, 9.17) is 21.8 Å². The minimum Gasteiger partial charge on any atom is -0.399 e. The fourth-order valence-corrected chi connectivity index (χ4v) is 3.82. The van der Waals surface area contributed by atoms with E-state index in [1.54, 1.807) is 7.05 Å². The molecule has 0 amide bonds. The minimum absolute atomic E-state index is 0.219. The third-order valence-electron chi connectivity index (χ3n) is 5.25. The van der Waals surface area contributed by atoms with Gasteiger partial charge in [-0.05, 0) is 66.0 Å². The molecular weight excluding hydrogens is 496 g/mol. The Morgan fingerprint density at radius 3 is 1.82 bits per heavy atom. The van der Waals surface area contributed by atoms with Gasteiger partial charge in [0.2, 0.25) is 0 Å². The van der Waals surface area contributed by atoms with Gasteiger partial charge in [0.15, 0.2) is 0 Å². The summed E-state index contributed by atoms with van der Waals surface area (Å²) in [4.78, 5) is 0. The van der Waals surface area contributed by atoms with Crippen LogP contribution in [0.1, 0.15) is 5.56 Å². The van der Waals surface area contributed by atoms with Crippen molar-refractivity contribution < 1.29 is 13.0 Å². The third-order valence-corrected chi connectivity index (χ3v) is 5.97. The Bertz CT molecular complexity index is 1510. The smallest absolute Gasteiger partial charge is 0.266 e. The molecule has 0 heterocycles. The molecule has 0 aliphatic rings. The lowest BCUT2D eigenvalue weighted by molar-refractivity contribution is 0.482. The van der Waals surface area contributed by atoms with Crippen molar-refractivity contribution in [3.8, 4) is 0 Å². The molecule has 0 aliphatic carbocycles. The first-order chi connectivity index (χ1) is 18.1. The fourth-order valence-electron chi connectivity index (χ4n) is 3.36. The number of nitrogens with one attached hydrogen (secondary N) is 1. The molecule has 0 bridgehead atoms. The lowest BCUT2D eigenvalue weighted by atomic mass is 10.1. The summed E-state index contributed by atoms with van der Waals surface area (Å²) < 4.78 is 27.9. The van der Waals surface area contributed by atoms with E-state index in [1.807, 2.05) is 91.9 Å². The first-order valence-electron chi connectivity index (χ1n) is 12.0. The van der Waals surface area contributed by atoms with Crippen molar-refractivity contribution in [2.75, 3.05) is 36.5 Å². The maximum Gasteiger partial charge on any atom is 0.266 e. The normalized spacial score (nSPS) is 10.3. The summed E-state index contributed by atoms with van der Waals surface area (Å²) in [5.74, 6) is -0.219. The van der Waals surface area contributed by atoms with E-state index >= 15 is 0 Å². The molecule has 8 heteroatoms. The summed E-state index contributed by atoms with van der Waals surface area (Å²) in [5.41, 5.74) is 20.6. The molecule has 38 heavy (non-hydrogen) atoms. The highest BCUT2D eigenvalue weighted by Crippen LogP contribution is 2.19. The highest BCUT2D eigenvalue weighted by Gasteiger charge is 2.00. The van der Waals surface area contributed by atoms with Gasteiger partial charge in [0.25, 0.3) is 10.1 Å². The third kappa shape index (κ3) is 11.3. The van der Waals surface area contributed by atoms with Crippen molar-refractivity contribution in [1.82, 2.24) is 5.32 Å². The quantitative estimate of drug-likeness (QED) is 0.152. The van der Waals surface area contributed by atoms with Gasteiger partial charge in [-0.1, -0.05) is 78.9 Å². The van der Waals surface area contributed by atoms with E-state index in [2.05, 4.69) is 29.6 Å². The molecule has 8 N–H and O–H groups in total. The molecule has 0 unspecified atom stereocenters. The number of benzene rings is 5. The number of rotatable bonds is 3. The number of nitrogen functional groups attached to an aromatic ring is 3. The van der Waals surface area contributed by atoms with Crippen LogP contribution >= 0.6 is 0 Å². The van der Waals surface area contributed by atoms with E-state index in [0.717, 1.165) is 22.4 Å². The molecule has 5 rings (SSSR count). The second kappa shape index (κ2) is 15.2. The zero-order chi connectivity index (χ0) is 28.0. The summed E-state index contributed by atoms with van der Waals surface area (Å²) in [6.07, 6.45) is 0. The van der Waals surface area contributed by atoms with Crippen molar-refractivity contribution in [3.05, 3.63) is 115 Å². The van der Waals surface area contributed by atoms with Crippen LogP contribution in [0.4, 0.5) is 17.1 Å². The molecule has 0 radical (unpaired) electrons. The van der Waals surface area contributed by atoms with Crippen LogP contribution in [0.15, 0.2) is 109 Å².